The van der Waals surface area contributed by atoms with E-state index in [1.165, 1.54) is 0 Å². The van der Waals surface area contributed by atoms with Crippen LogP contribution in [0, 0.1) is 0 Å². The first-order valence-electron chi connectivity index (χ1n) is 6.00. The zero-order valence-electron chi connectivity index (χ0n) is 10.7. The van der Waals surface area contributed by atoms with Crippen LogP contribution >= 0.6 is 39.1 Å². The second-order valence-corrected chi connectivity index (χ2v) is 5.69. The first kappa shape index (κ1) is 15.9. The molecule has 3 nitrogen and oxygen atoms in total. The minimum Gasteiger partial charge on any atom is -0.314 e. The summed E-state index contributed by atoms with van der Waals surface area (Å²) in [6.45, 7) is 0. The number of amides is 2. The highest BCUT2D eigenvalue weighted by Gasteiger charge is 2.06. The Kier molecular flexibility index (Phi) is 5.67. The molecule has 6 heteroatoms. The first-order valence-corrected chi connectivity index (χ1v) is 7.55. The molecule has 0 heterocycles. The molecule has 2 aromatic carbocycles. The predicted octanol–water partition coefficient (Wildman–Crippen LogP) is 5.55. The van der Waals surface area contributed by atoms with Gasteiger partial charge in [0.15, 0.2) is 0 Å². The lowest BCUT2D eigenvalue weighted by Crippen LogP contribution is -2.23. The molecule has 0 radical (unpaired) electrons. The van der Waals surface area contributed by atoms with Crippen LogP contribution in [0.1, 0.15) is 5.56 Å². The summed E-state index contributed by atoms with van der Waals surface area (Å²) >= 11 is 15.3. The fraction of sp³-hybridized carbons (Fsp3) is 0. The van der Waals surface area contributed by atoms with Crippen molar-refractivity contribution in [2.24, 2.45) is 0 Å². The fourth-order valence-corrected chi connectivity index (χ4v) is 2.34. The fourth-order valence-electron chi connectivity index (χ4n) is 1.58. The van der Waals surface area contributed by atoms with Gasteiger partial charge in [0.25, 0.3) is 0 Å². The van der Waals surface area contributed by atoms with Crippen LogP contribution in [0.4, 0.5) is 10.5 Å². The van der Waals surface area contributed by atoms with Crippen molar-refractivity contribution in [1.82, 2.24) is 5.32 Å². The number of carbonyl (C=O) groups is 1. The number of carbonyl (C=O) groups excluding carboxylic acids is 1. The number of benzene rings is 2. The van der Waals surface area contributed by atoms with Gasteiger partial charge in [-0.3, -0.25) is 0 Å². The van der Waals surface area contributed by atoms with Gasteiger partial charge in [0.1, 0.15) is 0 Å². The Morgan fingerprint density at radius 1 is 1.10 bits per heavy atom. The van der Waals surface area contributed by atoms with Gasteiger partial charge >= 0.3 is 6.03 Å². The van der Waals surface area contributed by atoms with E-state index in [2.05, 4.69) is 26.6 Å². The molecule has 0 aromatic heterocycles. The second-order valence-electron chi connectivity index (χ2n) is 4.05. The molecular formula is C15H11BrCl2N2O. The minimum absolute atomic E-state index is 0.309. The van der Waals surface area contributed by atoms with E-state index in [4.69, 9.17) is 23.2 Å². The largest absolute Gasteiger partial charge is 0.323 e. The Hall–Kier alpha value is -1.49. The Morgan fingerprint density at radius 2 is 1.86 bits per heavy atom. The van der Waals surface area contributed by atoms with E-state index in [0.29, 0.717) is 15.7 Å². The monoisotopic (exact) mass is 384 g/mol. The van der Waals surface area contributed by atoms with Gasteiger partial charge in [0, 0.05) is 10.7 Å². The lowest BCUT2D eigenvalue weighted by molar-refractivity contribution is 0.255. The van der Waals surface area contributed by atoms with Crippen LogP contribution in [-0.4, -0.2) is 6.03 Å². The first-order chi connectivity index (χ1) is 10.1. The van der Waals surface area contributed by atoms with Crippen molar-refractivity contribution >= 4 is 56.9 Å². The number of hydrogen-bond donors (Lipinski definition) is 2. The number of nitrogens with one attached hydrogen (secondary N) is 2. The third-order valence-electron chi connectivity index (χ3n) is 2.58. The normalized spacial score (nSPS) is 10.6. The molecular weight excluding hydrogens is 375 g/mol. The zero-order valence-corrected chi connectivity index (χ0v) is 13.8. The molecule has 0 aliphatic rings. The average Bonchev–Trinajstić information content (AvgIpc) is 2.46. The highest BCUT2D eigenvalue weighted by atomic mass is 79.9. The minimum atomic E-state index is -0.400. The van der Waals surface area contributed by atoms with Crippen molar-refractivity contribution in [3.63, 3.8) is 0 Å². The molecule has 0 aliphatic carbocycles. The third-order valence-corrected chi connectivity index (χ3v) is 4.12. The van der Waals surface area contributed by atoms with E-state index in [0.717, 1.165) is 10.0 Å². The Balaban J connectivity index is 1.97. The van der Waals surface area contributed by atoms with Gasteiger partial charge < -0.3 is 10.6 Å². The van der Waals surface area contributed by atoms with Crippen molar-refractivity contribution in [2.45, 2.75) is 0 Å². The van der Waals surface area contributed by atoms with Crippen molar-refractivity contribution in [3.8, 4) is 0 Å². The number of rotatable bonds is 3. The van der Waals surface area contributed by atoms with E-state index in [9.17, 15) is 4.79 Å². The number of urea groups is 1. The number of halogens is 3. The molecule has 0 fully saturated rings. The topological polar surface area (TPSA) is 41.1 Å². The molecule has 2 aromatic rings. The predicted molar refractivity (Wildman–Crippen MR) is 91.8 cm³/mol. The summed E-state index contributed by atoms with van der Waals surface area (Å²) in [5.41, 5.74) is 1.41. The summed E-state index contributed by atoms with van der Waals surface area (Å²) in [7, 11) is 0. The lowest BCUT2D eigenvalue weighted by atomic mass is 10.2. The summed E-state index contributed by atoms with van der Waals surface area (Å²) in [6, 6.07) is 12.3. The molecule has 0 unspecified atom stereocenters. The molecule has 0 atom stereocenters. The van der Waals surface area contributed by atoms with Gasteiger partial charge in [-0.25, -0.2) is 4.79 Å². The molecule has 2 amide bonds. The Bertz CT molecular complexity index is 689. The maximum Gasteiger partial charge on any atom is 0.323 e. The molecule has 108 valence electrons. The van der Waals surface area contributed by atoms with E-state index in [1.54, 1.807) is 30.5 Å². The van der Waals surface area contributed by atoms with E-state index >= 15 is 0 Å². The molecule has 21 heavy (non-hydrogen) atoms. The SMILES string of the molecule is O=C(N/C=C/c1ccccc1Br)Nc1cccc(Cl)c1Cl. The summed E-state index contributed by atoms with van der Waals surface area (Å²) < 4.78 is 0.946. The molecule has 0 bridgehead atoms. The van der Waals surface area contributed by atoms with Gasteiger partial charge in [0.05, 0.1) is 15.7 Å². The number of hydrogen-bond acceptors (Lipinski definition) is 1. The number of anilines is 1. The quantitative estimate of drug-likeness (QED) is 0.714. The maximum absolute atomic E-state index is 11.8. The second kappa shape index (κ2) is 7.50. The summed E-state index contributed by atoms with van der Waals surface area (Å²) in [5, 5.41) is 5.92. The summed E-state index contributed by atoms with van der Waals surface area (Å²) in [6.07, 6.45) is 3.33. The van der Waals surface area contributed by atoms with Gasteiger partial charge in [-0.2, -0.15) is 0 Å². The van der Waals surface area contributed by atoms with E-state index in [1.807, 2.05) is 24.3 Å². The highest BCUT2D eigenvalue weighted by Crippen LogP contribution is 2.29. The molecule has 0 saturated carbocycles. The third kappa shape index (κ3) is 4.49. The summed E-state index contributed by atoms with van der Waals surface area (Å²) in [5.74, 6) is 0. The maximum atomic E-state index is 11.8. The van der Waals surface area contributed by atoms with Crippen LogP contribution < -0.4 is 10.6 Å². The van der Waals surface area contributed by atoms with E-state index in [-0.39, 0.29) is 0 Å². The smallest absolute Gasteiger partial charge is 0.314 e. The van der Waals surface area contributed by atoms with Crippen molar-refractivity contribution in [2.75, 3.05) is 5.32 Å². The summed E-state index contributed by atoms with van der Waals surface area (Å²) in [4.78, 5) is 11.8. The van der Waals surface area contributed by atoms with Crippen LogP contribution in [0.5, 0.6) is 0 Å². The van der Waals surface area contributed by atoms with Gasteiger partial charge in [-0.1, -0.05) is 63.4 Å². The van der Waals surface area contributed by atoms with Crippen LogP contribution in [0.25, 0.3) is 6.08 Å². The van der Waals surface area contributed by atoms with Gasteiger partial charge in [-0.05, 0) is 29.8 Å². The van der Waals surface area contributed by atoms with Crippen molar-refractivity contribution in [1.29, 1.82) is 0 Å². The molecule has 0 aliphatic heterocycles. The van der Waals surface area contributed by atoms with Gasteiger partial charge in [-0.15, -0.1) is 0 Å². The highest BCUT2D eigenvalue weighted by molar-refractivity contribution is 9.10. The molecule has 0 spiro atoms. The average molecular weight is 386 g/mol. The van der Waals surface area contributed by atoms with Crippen LogP contribution in [0.3, 0.4) is 0 Å². The molecule has 0 saturated heterocycles. The lowest BCUT2D eigenvalue weighted by Gasteiger charge is -2.07. The van der Waals surface area contributed by atoms with Crippen LogP contribution in [0.2, 0.25) is 10.0 Å². The zero-order chi connectivity index (χ0) is 15.2. The van der Waals surface area contributed by atoms with Crippen LogP contribution in [-0.2, 0) is 0 Å². The van der Waals surface area contributed by atoms with E-state index < -0.39 is 6.03 Å². The molecule has 2 rings (SSSR count). The van der Waals surface area contributed by atoms with Crippen LogP contribution in [0.15, 0.2) is 53.1 Å². The van der Waals surface area contributed by atoms with Gasteiger partial charge in [0.2, 0.25) is 0 Å². The molecule has 2 N–H and O–H groups in total. The van der Waals surface area contributed by atoms with Crippen molar-refractivity contribution < 1.29 is 4.79 Å². The van der Waals surface area contributed by atoms with Crippen molar-refractivity contribution in [3.05, 3.63) is 68.7 Å². The Labute approximate surface area is 141 Å². The Morgan fingerprint density at radius 3 is 2.62 bits per heavy atom. The standard InChI is InChI=1S/C15H11BrCl2N2O/c16-11-5-2-1-4-10(11)8-9-19-15(21)20-13-7-3-6-12(17)14(13)18/h1-9H,(H2,19,20,21)/b9-8+.